The summed E-state index contributed by atoms with van der Waals surface area (Å²) in [6, 6.07) is 10.3. The van der Waals surface area contributed by atoms with Gasteiger partial charge in [0, 0.05) is 24.3 Å². The first kappa shape index (κ1) is 20.7. The topological polar surface area (TPSA) is 103 Å². The number of aliphatic imine (C=N–C) groups is 1. The van der Waals surface area contributed by atoms with Gasteiger partial charge in [0.1, 0.15) is 0 Å². The third kappa shape index (κ3) is 5.26. The van der Waals surface area contributed by atoms with E-state index in [4.69, 9.17) is 9.47 Å². The first-order chi connectivity index (χ1) is 14.0. The summed E-state index contributed by atoms with van der Waals surface area (Å²) in [4.78, 5) is 27.1. The molecular weight excluding hydrogens is 394 g/mol. The summed E-state index contributed by atoms with van der Waals surface area (Å²) in [6.07, 6.45) is 1.78. The van der Waals surface area contributed by atoms with Gasteiger partial charge in [0.05, 0.1) is 24.8 Å². The number of aryl methyl sites for hydroxylation is 1. The van der Waals surface area contributed by atoms with E-state index in [9.17, 15) is 14.9 Å². The van der Waals surface area contributed by atoms with Crippen molar-refractivity contribution in [1.29, 1.82) is 0 Å². The number of benzene rings is 2. The van der Waals surface area contributed by atoms with Crippen LogP contribution >= 0.6 is 11.8 Å². The number of non-ortho nitro benzene ring substituents is 1. The van der Waals surface area contributed by atoms with Gasteiger partial charge >= 0.3 is 0 Å². The number of rotatable bonds is 7. The average molecular weight is 415 g/mol. The number of hydrogen-bond acceptors (Lipinski definition) is 7. The molecule has 0 saturated carbocycles. The number of amidine groups is 1. The summed E-state index contributed by atoms with van der Waals surface area (Å²) < 4.78 is 10.5. The smallest absolute Gasteiger partial charge is 0.269 e. The fourth-order valence-electron chi connectivity index (χ4n) is 2.93. The highest BCUT2D eigenvalue weighted by Gasteiger charge is 2.18. The summed E-state index contributed by atoms with van der Waals surface area (Å²) in [7, 11) is 3.18. The van der Waals surface area contributed by atoms with Crippen LogP contribution in [-0.4, -0.2) is 30.2 Å². The molecule has 0 saturated heterocycles. The second kappa shape index (κ2) is 9.42. The van der Waals surface area contributed by atoms with Crippen molar-refractivity contribution in [2.24, 2.45) is 4.99 Å². The van der Waals surface area contributed by atoms with E-state index >= 15 is 0 Å². The maximum Gasteiger partial charge on any atom is 0.269 e. The Labute approximate surface area is 172 Å². The Kier molecular flexibility index (Phi) is 6.71. The minimum absolute atomic E-state index is 0.0437. The zero-order chi connectivity index (χ0) is 20.8. The Hall–Kier alpha value is -3.07. The van der Waals surface area contributed by atoms with Crippen LogP contribution in [0.2, 0.25) is 0 Å². The summed E-state index contributed by atoms with van der Waals surface area (Å²) in [5, 5.41) is 14.2. The molecule has 1 aliphatic rings. The number of nitrogens with zero attached hydrogens (tertiary/aromatic N) is 2. The normalized spacial score (nSPS) is 12.6. The van der Waals surface area contributed by atoms with Crippen molar-refractivity contribution < 1.29 is 19.2 Å². The van der Waals surface area contributed by atoms with Gasteiger partial charge in [-0.05, 0) is 42.2 Å². The molecule has 1 N–H and O–H groups in total. The standard InChI is InChI=1S/C20H21N3O5S/c1-27-17-9-6-13(10-18(17)28-2)4-3-5-19(24)22-20-21-16-8-7-15(23(25)26)11-14(16)12-29-20/h6-11H,3-5,12H2,1-2H3,(H,21,22,24). The van der Waals surface area contributed by atoms with Gasteiger partial charge in [-0.15, -0.1) is 0 Å². The predicted octanol–water partition coefficient (Wildman–Crippen LogP) is 3.99. The first-order valence-corrected chi connectivity index (χ1v) is 9.98. The molecule has 0 fully saturated rings. The highest BCUT2D eigenvalue weighted by molar-refractivity contribution is 8.13. The molecular formula is C20H21N3O5S. The highest BCUT2D eigenvalue weighted by Crippen LogP contribution is 2.33. The molecule has 9 heteroatoms. The molecule has 0 aromatic heterocycles. The van der Waals surface area contributed by atoms with E-state index < -0.39 is 4.92 Å². The average Bonchev–Trinajstić information content (AvgIpc) is 2.73. The monoisotopic (exact) mass is 415 g/mol. The zero-order valence-electron chi connectivity index (χ0n) is 16.1. The number of thioether (sulfide) groups is 1. The van der Waals surface area contributed by atoms with E-state index in [1.54, 1.807) is 20.3 Å². The lowest BCUT2D eigenvalue weighted by Crippen LogP contribution is -2.29. The van der Waals surface area contributed by atoms with E-state index in [2.05, 4.69) is 10.3 Å². The molecule has 0 aliphatic carbocycles. The third-order valence-electron chi connectivity index (χ3n) is 4.42. The van der Waals surface area contributed by atoms with Gasteiger partial charge in [-0.1, -0.05) is 17.8 Å². The third-order valence-corrected chi connectivity index (χ3v) is 5.35. The lowest BCUT2D eigenvalue weighted by atomic mass is 10.1. The molecule has 0 bridgehead atoms. The van der Waals surface area contributed by atoms with E-state index in [-0.39, 0.29) is 11.6 Å². The molecule has 2 aromatic carbocycles. The SMILES string of the molecule is COc1ccc(CCCC(=O)NC2=Nc3ccc([N+](=O)[O-])cc3CS2)cc1OC. The van der Waals surface area contributed by atoms with Crippen molar-refractivity contribution in [1.82, 2.24) is 5.32 Å². The molecule has 1 amide bonds. The van der Waals surface area contributed by atoms with Crippen molar-refractivity contribution in [3.05, 3.63) is 57.6 Å². The molecule has 2 aromatic rings. The Morgan fingerprint density at radius 1 is 1.21 bits per heavy atom. The van der Waals surface area contributed by atoms with Gasteiger partial charge in [-0.2, -0.15) is 0 Å². The second-order valence-electron chi connectivity index (χ2n) is 6.37. The van der Waals surface area contributed by atoms with Gasteiger partial charge < -0.3 is 14.8 Å². The minimum Gasteiger partial charge on any atom is -0.493 e. The summed E-state index contributed by atoms with van der Waals surface area (Å²) >= 11 is 1.36. The molecule has 1 heterocycles. The maximum absolute atomic E-state index is 12.2. The van der Waals surface area contributed by atoms with Crippen LogP contribution in [0.1, 0.15) is 24.0 Å². The number of nitro groups is 1. The number of ether oxygens (including phenoxy) is 2. The molecule has 1 aliphatic heterocycles. The van der Waals surface area contributed by atoms with Crippen molar-refractivity contribution in [2.75, 3.05) is 14.2 Å². The molecule has 0 radical (unpaired) electrons. The number of fused-ring (bicyclic) bond motifs is 1. The van der Waals surface area contributed by atoms with Gasteiger partial charge in [0.25, 0.3) is 5.69 Å². The molecule has 3 rings (SSSR count). The first-order valence-electron chi connectivity index (χ1n) is 8.99. The largest absolute Gasteiger partial charge is 0.493 e. The maximum atomic E-state index is 12.2. The molecule has 29 heavy (non-hydrogen) atoms. The van der Waals surface area contributed by atoms with Crippen LogP contribution in [0.4, 0.5) is 11.4 Å². The predicted molar refractivity (Wildman–Crippen MR) is 112 cm³/mol. The van der Waals surface area contributed by atoms with Crippen LogP contribution in [0.3, 0.4) is 0 Å². The Bertz CT molecular complexity index is 961. The fourth-order valence-corrected chi connectivity index (χ4v) is 3.81. The number of methoxy groups -OCH3 is 2. The number of nitro benzene ring substituents is 1. The van der Waals surface area contributed by atoms with E-state index in [0.29, 0.717) is 40.9 Å². The molecule has 8 nitrogen and oxygen atoms in total. The van der Waals surface area contributed by atoms with Crippen LogP contribution < -0.4 is 14.8 Å². The number of amides is 1. The Morgan fingerprint density at radius 3 is 2.72 bits per heavy atom. The van der Waals surface area contributed by atoms with Gasteiger partial charge in [-0.3, -0.25) is 14.9 Å². The quantitative estimate of drug-likeness (QED) is 0.542. The van der Waals surface area contributed by atoms with Crippen LogP contribution in [0.5, 0.6) is 11.5 Å². The van der Waals surface area contributed by atoms with Gasteiger partial charge in [0.15, 0.2) is 16.7 Å². The van der Waals surface area contributed by atoms with Crippen molar-refractivity contribution in [2.45, 2.75) is 25.0 Å². The summed E-state index contributed by atoms with van der Waals surface area (Å²) in [5.41, 5.74) is 2.54. The molecule has 0 unspecified atom stereocenters. The van der Waals surface area contributed by atoms with Crippen molar-refractivity contribution in [3.63, 3.8) is 0 Å². The Morgan fingerprint density at radius 2 is 2.00 bits per heavy atom. The van der Waals surface area contributed by atoms with Crippen LogP contribution in [0.25, 0.3) is 0 Å². The van der Waals surface area contributed by atoms with Crippen LogP contribution in [-0.2, 0) is 17.0 Å². The number of carbonyl (C=O) groups excluding carboxylic acids is 1. The highest BCUT2D eigenvalue weighted by atomic mass is 32.2. The lowest BCUT2D eigenvalue weighted by Gasteiger charge is -2.15. The van der Waals surface area contributed by atoms with Gasteiger partial charge in [-0.25, -0.2) is 4.99 Å². The number of carbonyl (C=O) groups is 1. The second-order valence-corrected chi connectivity index (χ2v) is 7.33. The van der Waals surface area contributed by atoms with Crippen LogP contribution in [0.15, 0.2) is 41.4 Å². The van der Waals surface area contributed by atoms with Crippen LogP contribution in [0, 0.1) is 10.1 Å². The lowest BCUT2D eigenvalue weighted by molar-refractivity contribution is -0.384. The number of nitrogens with one attached hydrogen (secondary N) is 1. The molecule has 0 spiro atoms. The summed E-state index contributed by atoms with van der Waals surface area (Å²) in [5.74, 6) is 1.76. The van der Waals surface area contributed by atoms with E-state index in [0.717, 1.165) is 17.5 Å². The Balaban J connectivity index is 1.53. The van der Waals surface area contributed by atoms with E-state index in [1.807, 2.05) is 18.2 Å². The minimum atomic E-state index is -0.426. The van der Waals surface area contributed by atoms with Crippen molar-refractivity contribution in [3.8, 4) is 11.5 Å². The number of hydrogen-bond donors (Lipinski definition) is 1. The molecule has 152 valence electrons. The fraction of sp³-hybridized carbons (Fsp3) is 0.300. The van der Waals surface area contributed by atoms with E-state index in [1.165, 1.54) is 23.9 Å². The zero-order valence-corrected chi connectivity index (χ0v) is 17.0. The van der Waals surface area contributed by atoms with Crippen molar-refractivity contribution >= 4 is 34.2 Å². The van der Waals surface area contributed by atoms with Gasteiger partial charge in [0.2, 0.25) is 5.91 Å². The molecule has 0 atom stereocenters. The summed E-state index contributed by atoms with van der Waals surface area (Å²) in [6.45, 7) is 0.